The van der Waals surface area contributed by atoms with Gasteiger partial charge in [-0.05, 0) is 36.8 Å². The smallest absolute Gasteiger partial charge is 0.157 e. The Labute approximate surface area is 171 Å². The van der Waals surface area contributed by atoms with Gasteiger partial charge in [-0.25, -0.2) is 0 Å². The molecule has 0 aliphatic rings. The SMILES string of the molecule is O=Cc1c(OCCCc2ccccc2)cc(O)cc1OCCCc1ccccc1. The van der Waals surface area contributed by atoms with Crippen LogP contribution in [-0.2, 0) is 12.8 Å². The zero-order valence-electron chi connectivity index (χ0n) is 16.4. The standard InChI is InChI=1S/C25H26O4/c26-19-23-24(28-15-7-13-20-9-3-1-4-10-20)17-22(27)18-25(23)29-16-8-14-21-11-5-2-6-12-21/h1-6,9-12,17-19,27H,7-8,13-16H2. The zero-order valence-corrected chi connectivity index (χ0v) is 16.4. The van der Waals surface area contributed by atoms with Crippen molar-refractivity contribution in [1.82, 2.24) is 0 Å². The van der Waals surface area contributed by atoms with Crippen LogP contribution in [0.1, 0.15) is 34.3 Å². The van der Waals surface area contributed by atoms with Crippen LogP contribution in [0, 0.1) is 0 Å². The minimum absolute atomic E-state index is 0.0201. The summed E-state index contributed by atoms with van der Waals surface area (Å²) in [6, 6.07) is 23.3. The fourth-order valence-electron chi connectivity index (χ4n) is 3.15. The highest BCUT2D eigenvalue weighted by molar-refractivity contribution is 5.84. The molecule has 0 aromatic heterocycles. The summed E-state index contributed by atoms with van der Waals surface area (Å²) in [4.78, 5) is 11.6. The summed E-state index contributed by atoms with van der Waals surface area (Å²) in [5, 5.41) is 10.0. The molecular weight excluding hydrogens is 364 g/mol. The first kappa shape index (κ1) is 20.5. The Morgan fingerprint density at radius 1 is 0.724 bits per heavy atom. The third-order valence-electron chi connectivity index (χ3n) is 4.63. The predicted molar refractivity (Wildman–Crippen MR) is 114 cm³/mol. The highest BCUT2D eigenvalue weighted by Gasteiger charge is 2.13. The molecule has 1 N–H and O–H groups in total. The lowest BCUT2D eigenvalue weighted by Crippen LogP contribution is -2.05. The van der Waals surface area contributed by atoms with E-state index in [2.05, 4.69) is 24.3 Å². The Morgan fingerprint density at radius 3 is 1.59 bits per heavy atom. The average Bonchev–Trinajstić information content (AvgIpc) is 2.75. The second-order valence-corrected chi connectivity index (χ2v) is 6.85. The summed E-state index contributed by atoms with van der Waals surface area (Å²) in [7, 11) is 0. The molecule has 0 aliphatic carbocycles. The molecule has 0 saturated heterocycles. The third kappa shape index (κ3) is 6.39. The van der Waals surface area contributed by atoms with Crippen LogP contribution in [0.5, 0.6) is 17.2 Å². The summed E-state index contributed by atoms with van der Waals surface area (Å²) >= 11 is 0. The Bertz CT molecular complexity index is 823. The highest BCUT2D eigenvalue weighted by Crippen LogP contribution is 2.32. The van der Waals surface area contributed by atoms with Gasteiger partial charge in [0.15, 0.2) is 6.29 Å². The van der Waals surface area contributed by atoms with Crippen molar-refractivity contribution in [2.75, 3.05) is 13.2 Å². The van der Waals surface area contributed by atoms with E-state index in [1.165, 1.54) is 23.3 Å². The predicted octanol–water partition coefficient (Wildman–Crippen LogP) is 5.23. The fourth-order valence-corrected chi connectivity index (χ4v) is 3.15. The maximum absolute atomic E-state index is 11.6. The van der Waals surface area contributed by atoms with E-state index in [4.69, 9.17) is 9.47 Å². The van der Waals surface area contributed by atoms with Gasteiger partial charge in [0.1, 0.15) is 17.2 Å². The maximum Gasteiger partial charge on any atom is 0.157 e. The number of hydrogen-bond acceptors (Lipinski definition) is 4. The number of aryl methyl sites for hydroxylation is 2. The number of aromatic hydroxyl groups is 1. The molecule has 3 aromatic carbocycles. The molecule has 150 valence electrons. The van der Waals surface area contributed by atoms with Gasteiger partial charge in [0, 0.05) is 12.1 Å². The molecule has 29 heavy (non-hydrogen) atoms. The quantitative estimate of drug-likeness (QED) is 0.360. The molecule has 0 radical (unpaired) electrons. The minimum Gasteiger partial charge on any atom is -0.508 e. The Kier molecular flexibility index (Phi) is 7.70. The van der Waals surface area contributed by atoms with Gasteiger partial charge in [0.05, 0.1) is 18.8 Å². The van der Waals surface area contributed by atoms with E-state index in [9.17, 15) is 9.90 Å². The van der Waals surface area contributed by atoms with Gasteiger partial charge >= 0.3 is 0 Å². The molecule has 0 aliphatic heterocycles. The molecule has 4 nitrogen and oxygen atoms in total. The number of carbonyl (C=O) groups excluding carboxylic acids is 1. The number of phenols is 1. The number of aldehydes is 1. The first-order valence-electron chi connectivity index (χ1n) is 9.92. The number of ether oxygens (including phenoxy) is 2. The van der Waals surface area contributed by atoms with Gasteiger partial charge in [-0.2, -0.15) is 0 Å². The number of carbonyl (C=O) groups is 1. The normalized spacial score (nSPS) is 10.5. The third-order valence-corrected chi connectivity index (χ3v) is 4.63. The van der Waals surface area contributed by atoms with E-state index >= 15 is 0 Å². The lowest BCUT2D eigenvalue weighted by Gasteiger charge is -2.14. The molecule has 0 fully saturated rings. The van der Waals surface area contributed by atoms with E-state index < -0.39 is 0 Å². The van der Waals surface area contributed by atoms with Crippen LogP contribution in [0.4, 0.5) is 0 Å². The average molecular weight is 390 g/mol. The van der Waals surface area contributed by atoms with Crippen molar-refractivity contribution in [3.63, 3.8) is 0 Å². The van der Waals surface area contributed by atoms with Crippen molar-refractivity contribution >= 4 is 6.29 Å². The van der Waals surface area contributed by atoms with Crippen molar-refractivity contribution in [3.05, 3.63) is 89.5 Å². The van der Waals surface area contributed by atoms with Gasteiger partial charge in [0.2, 0.25) is 0 Å². The van der Waals surface area contributed by atoms with Crippen molar-refractivity contribution in [2.24, 2.45) is 0 Å². The van der Waals surface area contributed by atoms with Crippen LogP contribution in [0.3, 0.4) is 0 Å². The van der Waals surface area contributed by atoms with Crippen molar-refractivity contribution in [1.29, 1.82) is 0 Å². The van der Waals surface area contributed by atoms with E-state index in [1.54, 1.807) is 0 Å². The summed E-state index contributed by atoms with van der Waals surface area (Å²) in [6.45, 7) is 0.902. The van der Waals surface area contributed by atoms with E-state index in [0.29, 0.717) is 30.3 Å². The number of phenolic OH excluding ortho intramolecular Hbond substituents is 1. The lowest BCUT2D eigenvalue weighted by molar-refractivity contribution is 0.111. The summed E-state index contributed by atoms with van der Waals surface area (Å²) < 4.78 is 11.6. The maximum atomic E-state index is 11.6. The van der Waals surface area contributed by atoms with Crippen molar-refractivity contribution < 1.29 is 19.4 Å². The second kappa shape index (κ2) is 10.9. The molecule has 3 aromatic rings. The van der Waals surface area contributed by atoms with Gasteiger partial charge in [-0.3, -0.25) is 4.79 Å². The number of rotatable bonds is 11. The van der Waals surface area contributed by atoms with Crippen molar-refractivity contribution in [3.8, 4) is 17.2 Å². The van der Waals surface area contributed by atoms with Gasteiger partial charge in [-0.15, -0.1) is 0 Å². The molecule has 0 atom stereocenters. The lowest BCUT2D eigenvalue weighted by atomic mass is 10.1. The molecular formula is C25H26O4. The summed E-state index contributed by atoms with van der Waals surface area (Å²) in [5.41, 5.74) is 2.82. The second-order valence-electron chi connectivity index (χ2n) is 6.85. The Balaban J connectivity index is 1.53. The van der Waals surface area contributed by atoms with Gasteiger partial charge < -0.3 is 14.6 Å². The molecule has 3 rings (SSSR count). The Morgan fingerprint density at radius 2 is 1.17 bits per heavy atom. The molecule has 0 spiro atoms. The largest absolute Gasteiger partial charge is 0.508 e. The van der Waals surface area contributed by atoms with Crippen LogP contribution in [0.2, 0.25) is 0 Å². The molecule has 0 saturated carbocycles. The first-order valence-corrected chi connectivity index (χ1v) is 9.92. The van der Waals surface area contributed by atoms with Crippen molar-refractivity contribution in [2.45, 2.75) is 25.7 Å². The Hall–Kier alpha value is -3.27. The van der Waals surface area contributed by atoms with Gasteiger partial charge in [-0.1, -0.05) is 60.7 Å². The molecule has 4 heteroatoms. The topological polar surface area (TPSA) is 55.8 Å². The fraction of sp³-hybridized carbons (Fsp3) is 0.240. The molecule has 0 heterocycles. The van der Waals surface area contributed by atoms with Crippen LogP contribution >= 0.6 is 0 Å². The number of benzene rings is 3. The van der Waals surface area contributed by atoms with Crippen LogP contribution in [0.25, 0.3) is 0 Å². The van der Waals surface area contributed by atoms with Crippen LogP contribution in [-0.4, -0.2) is 24.6 Å². The number of hydrogen-bond donors (Lipinski definition) is 1. The van der Waals surface area contributed by atoms with Gasteiger partial charge in [0.25, 0.3) is 0 Å². The summed E-state index contributed by atoms with van der Waals surface area (Å²) in [6.07, 6.45) is 4.12. The van der Waals surface area contributed by atoms with E-state index in [-0.39, 0.29) is 5.75 Å². The zero-order chi connectivity index (χ0) is 20.3. The van der Waals surface area contributed by atoms with Crippen LogP contribution < -0.4 is 9.47 Å². The highest BCUT2D eigenvalue weighted by atomic mass is 16.5. The minimum atomic E-state index is 0.0201. The molecule has 0 unspecified atom stereocenters. The molecule has 0 bridgehead atoms. The summed E-state index contributed by atoms with van der Waals surface area (Å²) in [5.74, 6) is 0.726. The monoisotopic (exact) mass is 390 g/mol. The van der Waals surface area contributed by atoms with Crippen LogP contribution in [0.15, 0.2) is 72.8 Å². The van der Waals surface area contributed by atoms with E-state index in [0.717, 1.165) is 32.0 Å². The first-order chi connectivity index (χ1) is 14.3. The molecule has 0 amide bonds. The van der Waals surface area contributed by atoms with E-state index in [1.807, 2.05) is 36.4 Å².